The van der Waals surface area contributed by atoms with Gasteiger partial charge in [-0.15, -0.1) is 0 Å². The van der Waals surface area contributed by atoms with E-state index in [4.69, 9.17) is 28.4 Å². The molecular formula is C19H26O13. The van der Waals surface area contributed by atoms with E-state index >= 15 is 0 Å². The van der Waals surface area contributed by atoms with E-state index in [1.807, 2.05) is 0 Å². The van der Waals surface area contributed by atoms with Crippen molar-refractivity contribution in [2.45, 2.75) is 72.1 Å². The van der Waals surface area contributed by atoms with Crippen molar-refractivity contribution in [3.05, 3.63) is 0 Å². The number of esters is 6. The second kappa shape index (κ2) is 13.7. The third-order valence-corrected chi connectivity index (χ3v) is 3.45. The highest BCUT2D eigenvalue weighted by Crippen LogP contribution is 2.23. The van der Waals surface area contributed by atoms with Gasteiger partial charge in [-0.25, -0.2) is 0 Å². The van der Waals surface area contributed by atoms with Crippen LogP contribution < -0.4 is 0 Å². The molecule has 0 saturated heterocycles. The Bertz CT molecular complexity index is 729. The zero-order valence-corrected chi connectivity index (χ0v) is 18.5. The number of aldehydes is 1. The van der Waals surface area contributed by atoms with Crippen LogP contribution in [0, 0.1) is 0 Å². The van der Waals surface area contributed by atoms with Crippen LogP contribution in [0.2, 0.25) is 0 Å². The molecule has 0 N–H and O–H groups in total. The summed E-state index contributed by atoms with van der Waals surface area (Å²) in [5.74, 6) is -5.53. The molecule has 0 spiro atoms. The van der Waals surface area contributed by atoms with Crippen LogP contribution in [0.25, 0.3) is 0 Å². The van der Waals surface area contributed by atoms with Crippen LogP contribution in [0.5, 0.6) is 0 Å². The lowest BCUT2D eigenvalue weighted by atomic mass is 9.98. The SMILES string of the molecule is CC(=O)OC[C@@H](OC(C)=O)[C@H](OC(C)=O)[C@H](OC(C)=O)[C@H](OC(C)=O)[C@@H](C=O)OC(C)=O. The van der Waals surface area contributed by atoms with Crippen LogP contribution >= 0.6 is 0 Å². The van der Waals surface area contributed by atoms with E-state index in [0.29, 0.717) is 0 Å². The van der Waals surface area contributed by atoms with Crippen molar-refractivity contribution >= 4 is 42.1 Å². The van der Waals surface area contributed by atoms with Crippen molar-refractivity contribution in [2.75, 3.05) is 6.61 Å². The first-order valence-electron chi connectivity index (χ1n) is 9.23. The highest BCUT2D eigenvalue weighted by atomic mass is 16.6. The third-order valence-electron chi connectivity index (χ3n) is 3.45. The number of hydrogen-bond donors (Lipinski definition) is 0. The lowest BCUT2D eigenvalue weighted by Gasteiger charge is -2.36. The quantitative estimate of drug-likeness (QED) is 0.204. The molecule has 5 atom stereocenters. The van der Waals surface area contributed by atoms with Gasteiger partial charge in [0, 0.05) is 41.5 Å². The minimum atomic E-state index is -1.82. The molecule has 0 rings (SSSR count). The van der Waals surface area contributed by atoms with Gasteiger partial charge in [-0.1, -0.05) is 0 Å². The first kappa shape index (κ1) is 28.5. The molecule has 0 aliphatic rings. The average Bonchev–Trinajstić information content (AvgIpc) is 2.63. The smallest absolute Gasteiger partial charge is 0.303 e. The number of carbonyl (C=O) groups is 7. The highest BCUT2D eigenvalue weighted by molar-refractivity contribution is 5.72. The molecule has 180 valence electrons. The van der Waals surface area contributed by atoms with Crippen molar-refractivity contribution in [2.24, 2.45) is 0 Å². The fourth-order valence-electron chi connectivity index (χ4n) is 2.54. The standard InChI is InChI=1S/C19H26O13/c1-9(21)27-8-16(29-11(3)23)18(31-13(5)25)19(32-14(6)26)17(30-12(4)24)15(7-20)28-10(2)22/h7,15-19H,8H2,1-6H3/t15-,16-,17-,18+,19-/m1/s1. The first-order valence-corrected chi connectivity index (χ1v) is 9.23. The summed E-state index contributed by atoms with van der Waals surface area (Å²) in [6.07, 6.45) is -8.66. The predicted molar refractivity (Wildman–Crippen MR) is 100 cm³/mol. The van der Waals surface area contributed by atoms with Crippen LogP contribution in [0.1, 0.15) is 41.5 Å². The van der Waals surface area contributed by atoms with Gasteiger partial charge in [-0.3, -0.25) is 33.6 Å². The van der Waals surface area contributed by atoms with Crippen molar-refractivity contribution in [3.8, 4) is 0 Å². The summed E-state index contributed by atoms with van der Waals surface area (Å²) in [6, 6.07) is 0. The van der Waals surface area contributed by atoms with Crippen LogP contribution in [0.4, 0.5) is 0 Å². The topological polar surface area (TPSA) is 175 Å². The van der Waals surface area contributed by atoms with Gasteiger partial charge in [0.2, 0.25) is 0 Å². The molecule has 0 aliphatic carbocycles. The Labute approximate surface area is 183 Å². The Morgan fingerprint density at radius 3 is 1.34 bits per heavy atom. The van der Waals surface area contributed by atoms with E-state index in [1.54, 1.807) is 0 Å². The Morgan fingerprint density at radius 2 is 0.969 bits per heavy atom. The summed E-state index contributed by atoms with van der Waals surface area (Å²) in [4.78, 5) is 81.1. The molecule has 0 aliphatic heterocycles. The Morgan fingerprint density at radius 1 is 0.562 bits per heavy atom. The Hall–Kier alpha value is -3.51. The summed E-state index contributed by atoms with van der Waals surface area (Å²) in [6.45, 7) is 5.25. The summed E-state index contributed by atoms with van der Waals surface area (Å²) < 4.78 is 30.0. The number of hydrogen-bond acceptors (Lipinski definition) is 13. The normalized spacial score (nSPS) is 14.9. The first-order chi connectivity index (χ1) is 14.8. The van der Waals surface area contributed by atoms with Gasteiger partial charge in [0.25, 0.3) is 0 Å². The fraction of sp³-hybridized carbons (Fsp3) is 0.632. The zero-order chi connectivity index (χ0) is 25.0. The molecule has 0 aromatic rings. The summed E-state index contributed by atoms with van der Waals surface area (Å²) in [5.41, 5.74) is 0. The molecule has 0 radical (unpaired) electrons. The molecule has 0 bridgehead atoms. The second-order valence-corrected chi connectivity index (χ2v) is 6.38. The number of ether oxygens (including phenoxy) is 6. The van der Waals surface area contributed by atoms with Crippen molar-refractivity contribution < 1.29 is 62.0 Å². The van der Waals surface area contributed by atoms with E-state index in [2.05, 4.69) is 0 Å². The predicted octanol–water partition coefficient (Wildman–Crippen LogP) is -0.593. The van der Waals surface area contributed by atoms with Crippen LogP contribution in [-0.4, -0.2) is 79.2 Å². The number of carbonyl (C=O) groups excluding carboxylic acids is 7. The van der Waals surface area contributed by atoms with Gasteiger partial charge < -0.3 is 28.4 Å². The molecule has 0 fully saturated rings. The van der Waals surface area contributed by atoms with Crippen LogP contribution in [-0.2, 0) is 62.0 Å². The molecule has 0 amide bonds. The molecule has 0 heterocycles. The Kier molecular flexibility index (Phi) is 12.2. The van der Waals surface area contributed by atoms with E-state index in [1.165, 1.54) is 0 Å². The molecule has 0 aromatic carbocycles. The van der Waals surface area contributed by atoms with Crippen LogP contribution in [0.3, 0.4) is 0 Å². The van der Waals surface area contributed by atoms with Crippen molar-refractivity contribution in [1.82, 2.24) is 0 Å². The zero-order valence-electron chi connectivity index (χ0n) is 18.5. The van der Waals surface area contributed by atoms with E-state index in [9.17, 15) is 33.6 Å². The monoisotopic (exact) mass is 462 g/mol. The lowest BCUT2D eigenvalue weighted by Crippen LogP contribution is -2.57. The molecular weight excluding hydrogens is 436 g/mol. The van der Waals surface area contributed by atoms with Crippen LogP contribution in [0.15, 0.2) is 0 Å². The molecule has 13 nitrogen and oxygen atoms in total. The van der Waals surface area contributed by atoms with E-state index in [-0.39, 0.29) is 6.29 Å². The maximum absolute atomic E-state index is 11.8. The lowest BCUT2D eigenvalue weighted by molar-refractivity contribution is -0.211. The molecule has 32 heavy (non-hydrogen) atoms. The maximum atomic E-state index is 11.8. The molecule has 0 aromatic heterocycles. The van der Waals surface area contributed by atoms with Gasteiger partial charge in [0.15, 0.2) is 36.8 Å². The van der Waals surface area contributed by atoms with E-state index in [0.717, 1.165) is 41.5 Å². The third kappa shape index (κ3) is 11.0. The van der Waals surface area contributed by atoms with Crippen molar-refractivity contribution in [3.63, 3.8) is 0 Å². The number of rotatable bonds is 12. The van der Waals surface area contributed by atoms with Gasteiger partial charge >= 0.3 is 35.8 Å². The summed E-state index contributed by atoms with van der Waals surface area (Å²) in [7, 11) is 0. The Balaban J connectivity index is 6.58. The van der Waals surface area contributed by atoms with Crippen molar-refractivity contribution in [1.29, 1.82) is 0 Å². The van der Waals surface area contributed by atoms with Gasteiger partial charge in [-0.05, 0) is 0 Å². The largest absolute Gasteiger partial charge is 0.462 e. The summed E-state index contributed by atoms with van der Waals surface area (Å²) >= 11 is 0. The average molecular weight is 462 g/mol. The molecule has 13 heteroatoms. The van der Waals surface area contributed by atoms with Gasteiger partial charge in [-0.2, -0.15) is 0 Å². The maximum Gasteiger partial charge on any atom is 0.303 e. The molecule has 0 unspecified atom stereocenters. The van der Waals surface area contributed by atoms with Gasteiger partial charge in [0.05, 0.1) is 0 Å². The minimum Gasteiger partial charge on any atom is -0.462 e. The summed E-state index contributed by atoms with van der Waals surface area (Å²) in [5, 5.41) is 0. The second-order valence-electron chi connectivity index (χ2n) is 6.38. The van der Waals surface area contributed by atoms with E-state index < -0.39 is 72.9 Å². The minimum absolute atomic E-state index is 0.100. The highest BCUT2D eigenvalue weighted by Gasteiger charge is 2.47. The fourth-order valence-corrected chi connectivity index (χ4v) is 2.54. The molecule has 0 saturated carbocycles. The van der Waals surface area contributed by atoms with Gasteiger partial charge in [0.1, 0.15) is 6.61 Å².